The first-order valence-corrected chi connectivity index (χ1v) is 9.13. The van der Waals surface area contributed by atoms with E-state index in [1.54, 1.807) is 0 Å². The lowest BCUT2D eigenvalue weighted by Crippen LogP contribution is -2.13. The fraction of sp³-hybridized carbons (Fsp3) is 0.312. The Hall–Kier alpha value is -1.99. The van der Waals surface area contributed by atoms with Gasteiger partial charge in [0.1, 0.15) is 5.56 Å². The average molecular weight is 368 g/mol. The number of rotatable bonds is 5. The Balaban J connectivity index is 2.15. The van der Waals surface area contributed by atoms with Crippen molar-refractivity contribution >= 4 is 34.2 Å². The number of ketones is 1. The third-order valence-corrected chi connectivity index (χ3v) is 4.96. The number of nitrogens with zero attached hydrogens (tertiary/aromatic N) is 1. The zero-order valence-electron chi connectivity index (χ0n) is 13.0. The third kappa shape index (κ3) is 3.01. The molecule has 0 bridgehead atoms. The highest BCUT2D eigenvalue weighted by Crippen LogP contribution is 2.43. The van der Waals surface area contributed by atoms with Gasteiger partial charge in [0.2, 0.25) is 5.69 Å². The van der Waals surface area contributed by atoms with Gasteiger partial charge in [0.15, 0.2) is 11.5 Å². The maximum absolute atomic E-state index is 13.1. The van der Waals surface area contributed by atoms with Crippen molar-refractivity contribution in [2.45, 2.75) is 23.7 Å². The molecule has 1 saturated carbocycles. The fourth-order valence-electron chi connectivity index (χ4n) is 2.44. The normalized spacial score (nSPS) is 15.1. The molecule has 1 aromatic heterocycles. The molecule has 3 rings (SSSR count). The maximum atomic E-state index is 13.1. The molecule has 0 spiro atoms. The number of hydrogen-bond donors (Lipinski definition) is 0. The molecule has 1 aliphatic rings. The van der Waals surface area contributed by atoms with E-state index in [0.717, 1.165) is 12.8 Å². The topological polar surface area (TPSA) is 86.5 Å². The van der Waals surface area contributed by atoms with Crippen LogP contribution in [0.2, 0.25) is 5.02 Å². The number of carbonyl (C=O) groups is 2. The largest absolute Gasteiger partial charge is 0.464 e. The van der Waals surface area contributed by atoms with Gasteiger partial charge in [-0.3, -0.25) is 9.00 Å². The SMILES string of the molecule is COC(=O)c1noc(C2CC2)c1C(=O)c1ccc(Cl)cc1S(C)=O. The van der Waals surface area contributed by atoms with Crippen LogP contribution in [0.25, 0.3) is 0 Å². The van der Waals surface area contributed by atoms with Gasteiger partial charge in [0.05, 0.1) is 22.8 Å². The van der Waals surface area contributed by atoms with Gasteiger partial charge in [-0.15, -0.1) is 0 Å². The first-order valence-electron chi connectivity index (χ1n) is 7.19. The van der Waals surface area contributed by atoms with Crippen LogP contribution in [0.5, 0.6) is 0 Å². The van der Waals surface area contributed by atoms with E-state index < -0.39 is 22.6 Å². The molecule has 1 aliphatic carbocycles. The van der Waals surface area contributed by atoms with E-state index in [9.17, 15) is 13.8 Å². The molecule has 24 heavy (non-hydrogen) atoms. The number of ether oxygens (including phenoxy) is 1. The number of halogens is 1. The van der Waals surface area contributed by atoms with Gasteiger partial charge in [-0.05, 0) is 31.0 Å². The molecule has 0 saturated heterocycles. The van der Waals surface area contributed by atoms with Crippen LogP contribution < -0.4 is 0 Å². The summed E-state index contributed by atoms with van der Waals surface area (Å²) in [6.45, 7) is 0. The molecule has 126 valence electrons. The van der Waals surface area contributed by atoms with Crippen LogP contribution in [0.15, 0.2) is 27.6 Å². The highest BCUT2D eigenvalue weighted by Gasteiger charge is 2.38. The van der Waals surface area contributed by atoms with Crippen molar-refractivity contribution < 1.29 is 23.1 Å². The third-order valence-electron chi connectivity index (χ3n) is 3.77. The van der Waals surface area contributed by atoms with Gasteiger partial charge in [-0.25, -0.2) is 4.79 Å². The van der Waals surface area contributed by atoms with Crippen molar-refractivity contribution in [1.29, 1.82) is 0 Å². The van der Waals surface area contributed by atoms with Gasteiger partial charge in [-0.2, -0.15) is 0 Å². The molecule has 0 radical (unpaired) electrons. The second-order valence-corrected chi connectivity index (χ2v) is 7.24. The molecule has 6 nitrogen and oxygen atoms in total. The Kier molecular flexibility index (Phi) is 4.56. The van der Waals surface area contributed by atoms with Crippen molar-refractivity contribution in [1.82, 2.24) is 5.16 Å². The summed E-state index contributed by atoms with van der Waals surface area (Å²) < 4.78 is 21.9. The molecule has 1 unspecified atom stereocenters. The molecule has 1 heterocycles. The van der Waals surface area contributed by atoms with E-state index in [4.69, 9.17) is 16.1 Å². The first-order chi connectivity index (χ1) is 11.4. The summed E-state index contributed by atoms with van der Waals surface area (Å²) in [4.78, 5) is 25.3. The Morgan fingerprint density at radius 2 is 2.08 bits per heavy atom. The molecule has 0 aliphatic heterocycles. The molecule has 0 amide bonds. The zero-order valence-corrected chi connectivity index (χ0v) is 14.6. The quantitative estimate of drug-likeness (QED) is 0.596. The maximum Gasteiger partial charge on any atom is 0.361 e. The lowest BCUT2D eigenvalue weighted by Gasteiger charge is -2.08. The van der Waals surface area contributed by atoms with Gasteiger partial charge in [0, 0.05) is 22.8 Å². The summed E-state index contributed by atoms with van der Waals surface area (Å²) >= 11 is 5.94. The van der Waals surface area contributed by atoms with Gasteiger partial charge in [0.25, 0.3) is 0 Å². The van der Waals surface area contributed by atoms with Crippen LogP contribution in [0.4, 0.5) is 0 Å². The monoisotopic (exact) mass is 367 g/mol. The Morgan fingerprint density at radius 1 is 1.38 bits per heavy atom. The molecule has 1 fully saturated rings. The highest BCUT2D eigenvalue weighted by atomic mass is 35.5. The minimum Gasteiger partial charge on any atom is -0.464 e. The molecular formula is C16H14ClNO5S. The number of aromatic nitrogens is 1. The highest BCUT2D eigenvalue weighted by molar-refractivity contribution is 7.84. The van der Waals surface area contributed by atoms with E-state index in [2.05, 4.69) is 9.89 Å². The standard InChI is InChI=1S/C16H14ClNO5S/c1-22-16(20)13-12(15(23-18-13)8-3-4-8)14(19)10-6-5-9(17)7-11(10)24(2)21/h5-8H,3-4H2,1-2H3. The van der Waals surface area contributed by atoms with Gasteiger partial charge in [-0.1, -0.05) is 16.8 Å². The van der Waals surface area contributed by atoms with Gasteiger partial charge < -0.3 is 9.26 Å². The number of benzene rings is 1. The molecule has 1 atom stereocenters. The van der Waals surface area contributed by atoms with E-state index in [1.807, 2.05) is 0 Å². The molecule has 2 aromatic rings. The van der Waals surface area contributed by atoms with Crippen molar-refractivity contribution in [3.05, 3.63) is 45.8 Å². The van der Waals surface area contributed by atoms with Crippen molar-refractivity contribution in [3.63, 3.8) is 0 Å². The molecule has 8 heteroatoms. The number of carbonyl (C=O) groups excluding carboxylic acids is 2. The van der Waals surface area contributed by atoms with Crippen molar-refractivity contribution in [3.8, 4) is 0 Å². The lowest BCUT2D eigenvalue weighted by atomic mass is 9.99. The van der Waals surface area contributed by atoms with Crippen LogP contribution in [0, 0.1) is 0 Å². The summed E-state index contributed by atoms with van der Waals surface area (Å²) in [5, 5.41) is 4.09. The molecular weight excluding hydrogens is 354 g/mol. The fourth-order valence-corrected chi connectivity index (χ4v) is 3.44. The van der Waals surface area contributed by atoms with Crippen LogP contribution in [0.1, 0.15) is 50.9 Å². The van der Waals surface area contributed by atoms with E-state index in [0.29, 0.717) is 15.7 Å². The second-order valence-electron chi connectivity index (χ2n) is 5.46. The van der Waals surface area contributed by atoms with E-state index >= 15 is 0 Å². The first kappa shape index (κ1) is 16.9. The number of hydrogen-bond acceptors (Lipinski definition) is 6. The summed E-state index contributed by atoms with van der Waals surface area (Å²) in [5.74, 6) is -0.775. The smallest absolute Gasteiger partial charge is 0.361 e. The van der Waals surface area contributed by atoms with Crippen molar-refractivity contribution in [2.24, 2.45) is 0 Å². The summed E-state index contributed by atoms with van der Waals surface area (Å²) in [6, 6.07) is 4.51. The minimum atomic E-state index is -1.43. The summed E-state index contributed by atoms with van der Waals surface area (Å²) in [7, 11) is -0.221. The summed E-state index contributed by atoms with van der Waals surface area (Å²) in [5.41, 5.74) is 0.126. The van der Waals surface area contributed by atoms with Crippen LogP contribution in [-0.4, -0.2) is 34.5 Å². The number of methoxy groups -OCH3 is 1. The Bertz CT molecular complexity index is 856. The average Bonchev–Trinajstić information content (AvgIpc) is 3.31. The van der Waals surface area contributed by atoms with Crippen LogP contribution in [0.3, 0.4) is 0 Å². The van der Waals surface area contributed by atoms with E-state index in [-0.39, 0.29) is 22.7 Å². The van der Waals surface area contributed by atoms with E-state index in [1.165, 1.54) is 31.6 Å². The molecule has 0 N–H and O–H groups in total. The predicted octanol–water partition coefficient (Wildman–Crippen LogP) is 2.96. The van der Waals surface area contributed by atoms with Gasteiger partial charge >= 0.3 is 5.97 Å². The Labute approximate surface area is 145 Å². The van der Waals surface area contributed by atoms with Crippen LogP contribution in [-0.2, 0) is 15.5 Å². The molecule has 1 aromatic carbocycles. The van der Waals surface area contributed by atoms with Crippen molar-refractivity contribution in [2.75, 3.05) is 13.4 Å². The zero-order chi connectivity index (χ0) is 17.4. The second kappa shape index (κ2) is 6.49. The van der Waals surface area contributed by atoms with Crippen LogP contribution >= 0.6 is 11.6 Å². The minimum absolute atomic E-state index is 0.0673. The summed E-state index contributed by atoms with van der Waals surface area (Å²) in [6.07, 6.45) is 3.19. The Morgan fingerprint density at radius 3 is 2.67 bits per heavy atom. The number of esters is 1. The predicted molar refractivity (Wildman–Crippen MR) is 87.0 cm³/mol. The lowest BCUT2D eigenvalue weighted by molar-refractivity contribution is 0.0586.